The summed E-state index contributed by atoms with van der Waals surface area (Å²) in [5, 5.41) is 0.590. The largest absolute Gasteiger partial charge is 0.465 e. The Bertz CT molecular complexity index is 1080. The van der Waals surface area contributed by atoms with E-state index in [2.05, 4.69) is 6.07 Å². The summed E-state index contributed by atoms with van der Waals surface area (Å²) in [6.45, 7) is 0.546. The molecule has 6 heteroatoms. The van der Waals surface area contributed by atoms with E-state index in [1.807, 2.05) is 34.9 Å². The molecule has 0 atom stereocenters. The fourth-order valence-electron chi connectivity index (χ4n) is 3.79. The van der Waals surface area contributed by atoms with E-state index in [9.17, 15) is 9.59 Å². The maximum Gasteiger partial charge on any atom is 0.340 e. The maximum atomic E-state index is 12.7. The molecule has 5 nitrogen and oxygen atoms in total. The van der Waals surface area contributed by atoms with Gasteiger partial charge in [0, 0.05) is 23.7 Å². The number of methoxy groups -OCH3 is 2. The Labute approximate surface area is 167 Å². The standard InChI is InChI=1S/C22H18ClNO4/c1-27-21(25)18-17-11-14-5-3-4-6-15(14)12-24(17)20(19(18)22(26)28-2)13-7-9-16(23)10-8-13/h3-10H,11-12H2,1-2H3. The van der Waals surface area contributed by atoms with E-state index >= 15 is 0 Å². The molecule has 0 radical (unpaired) electrons. The van der Waals surface area contributed by atoms with Crippen molar-refractivity contribution < 1.29 is 19.1 Å². The van der Waals surface area contributed by atoms with Gasteiger partial charge in [0.15, 0.2) is 0 Å². The van der Waals surface area contributed by atoms with E-state index < -0.39 is 11.9 Å². The molecule has 1 aliphatic heterocycles. The molecule has 28 heavy (non-hydrogen) atoms. The summed E-state index contributed by atoms with van der Waals surface area (Å²) in [5.74, 6) is -1.12. The molecule has 0 N–H and O–H groups in total. The summed E-state index contributed by atoms with van der Waals surface area (Å²) < 4.78 is 12.0. The van der Waals surface area contributed by atoms with Crippen LogP contribution in [-0.2, 0) is 22.4 Å². The second kappa shape index (κ2) is 7.17. The second-order valence-corrected chi connectivity index (χ2v) is 7.00. The number of aromatic nitrogens is 1. The van der Waals surface area contributed by atoms with Crippen LogP contribution in [0.4, 0.5) is 0 Å². The zero-order valence-electron chi connectivity index (χ0n) is 15.5. The smallest absolute Gasteiger partial charge is 0.340 e. The number of hydrogen-bond donors (Lipinski definition) is 0. The van der Waals surface area contributed by atoms with E-state index in [1.54, 1.807) is 12.1 Å². The quantitative estimate of drug-likeness (QED) is 0.484. The van der Waals surface area contributed by atoms with E-state index in [0.29, 0.717) is 23.7 Å². The highest BCUT2D eigenvalue weighted by molar-refractivity contribution is 6.30. The molecule has 0 bridgehead atoms. The molecule has 0 unspecified atom stereocenters. The van der Waals surface area contributed by atoms with Crippen molar-refractivity contribution >= 4 is 23.5 Å². The van der Waals surface area contributed by atoms with Crippen LogP contribution >= 0.6 is 11.6 Å². The molecular weight excluding hydrogens is 378 g/mol. The van der Waals surface area contributed by atoms with Crippen LogP contribution in [0, 0.1) is 0 Å². The molecule has 0 fully saturated rings. The SMILES string of the molecule is COC(=O)c1c(C(=O)OC)c(-c2ccc(Cl)cc2)n2c1Cc1ccccc1C2. The Balaban J connectivity index is 2.04. The van der Waals surface area contributed by atoms with Gasteiger partial charge in [-0.2, -0.15) is 0 Å². The van der Waals surface area contributed by atoms with Crippen molar-refractivity contribution in [3.8, 4) is 11.3 Å². The summed E-state index contributed by atoms with van der Waals surface area (Å²) in [5.41, 5.74) is 4.91. The molecule has 1 aliphatic rings. The Morgan fingerprint density at radius 1 is 0.893 bits per heavy atom. The van der Waals surface area contributed by atoms with Crippen LogP contribution in [0.3, 0.4) is 0 Å². The van der Waals surface area contributed by atoms with E-state index in [4.69, 9.17) is 21.1 Å². The number of ether oxygens (including phenoxy) is 2. The van der Waals surface area contributed by atoms with Crippen molar-refractivity contribution in [2.24, 2.45) is 0 Å². The third-order valence-corrected chi connectivity index (χ3v) is 5.32. The van der Waals surface area contributed by atoms with Gasteiger partial charge in [0.05, 0.1) is 25.5 Å². The summed E-state index contributed by atoms with van der Waals surface area (Å²) in [4.78, 5) is 25.4. The van der Waals surface area contributed by atoms with E-state index in [0.717, 1.165) is 22.4 Å². The molecule has 0 spiro atoms. The first kappa shape index (κ1) is 18.3. The number of esters is 2. The van der Waals surface area contributed by atoms with Crippen LogP contribution in [0.15, 0.2) is 48.5 Å². The monoisotopic (exact) mass is 395 g/mol. The third-order valence-electron chi connectivity index (χ3n) is 5.07. The first-order chi connectivity index (χ1) is 13.5. The summed E-state index contributed by atoms with van der Waals surface area (Å²) in [6.07, 6.45) is 0.526. The number of carbonyl (C=O) groups excluding carboxylic acids is 2. The number of fused-ring (bicyclic) bond motifs is 2. The van der Waals surface area contributed by atoms with Gasteiger partial charge in [0.2, 0.25) is 0 Å². The van der Waals surface area contributed by atoms with Crippen molar-refractivity contribution in [1.82, 2.24) is 4.57 Å². The molecule has 0 aliphatic carbocycles. The minimum absolute atomic E-state index is 0.222. The van der Waals surface area contributed by atoms with Crippen molar-refractivity contribution in [3.05, 3.63) is 81.5 Å². The van der Waals surface area contributed by atoms with Crippen molar-refractivity contribution in [2.75, 3.05) is 14.2 Å². The highest BCUT2D eigenvalue weighted by atomic mass is 35.5. The fourth-order valence-corrected chi connectivity index (χ4v) is 3.92. The Hall–Kier alpha value is -3.05. The zero-order chi connectivity index (χ0) is 19.8. The molecule has 2 aromatic carbocycles. The molecule has 4 rings (SSSR count). The normalized spacial score (nSPS) is 12.1. The maximum absolute atomic E-state index is 12.7. The lowest BCUT2D eigenvalue weighted by molar-refractivity contribution is 0.0556. The van der Waals surface area contributed by atoms with Gasteiger partial charge >= 0.3 is 11.9 Å². The predicted octanol–water partition coefficient (Wildman–Crippen LogP) is 4.33. The van der Waals surface area contributed by atoms with Gasteiger partial charge in [0.25, 0.3) is 0 Å². The van der Waals surface area contributed by atoms with Gasteiger partial charge in [-0.15, -0.1) is 0 Å². The van der Waals surface area contributed by atoms with Gasteiger partial charge in [0.1, 0.15) is 5.56 Å². The molecule has 0 saturated carbocycles. The predicted molar refractivity (Wildman–Crippen MR) is 106 cm³/mol. The first-order valence-electron chi connectivity index (χ1n) is 8.79. The van der Waals surface area contributed by atoms with Gasteiger partial charge < -0.3 is 14.0 Å². The highest BCUT2D eigenvalue weighted by Crippen LogP contribution is 2.38. The van der Waals surface area contributed by atoms with Crippen LogP contribution in [0.5, 0.6) is 0 Å². The van der Waals surface area contributed by atoms with Crippen molar-refractivity contribution in [2.45, 2.75) is 13.0 Å². The van der Waals surface area contributed by atoms with Crippen LogP contribution in [-0.4, -0.2) is 30.7 Å². The minimum Gasteiger partial charge on any atom is -0.465 e. The van der Waals surface area contributed by atoms with E-state index in [-0.39, 0.29) is 11.1 Å². The lowest BCUT2D eigenvalue weighted by Crippen LogP contribution is -2.17. The highest BCUT2D eigenvalue weighted by Gasteiger charge is 2.35. The van der Waals surface area contributed by atoms with Crippen molar-refractivity contribution in [1.29, 1.82) is 0 Å². The lowest BCUT2D eigenvalue weighted by atomic mass is 9.97. The number of benzene rings is 2. The average Bonchev–Trinajstić information content (AvgIpc) is 3.05. The Morgan fingerprint density at radius 2 is 1.50 bits per heavy atom. The van der Waals surface area contributed by atoms with Gasteiger partial charge in [-0.3, -0.25) is 0 Å². The van der Waals surface area contributed by atoms with E-state index in [1.165, 1.54) is 14.2 Å². The molecule has 1 aromatic heterocycles. The van der Waals surface area contributed by atoms with Crippen LogP contribution < -0.4 is 0 Å². The fraction of sp³-hybridized carbons (Fsp3) is 0.182. The molecule has 0 amide bonds. The second-order valence-electron chi connectivity index (χ2n) is 6.57. The minimum atomic E-state index is -0.573. The number of hydrogen-bond acceptors (Lipinski definition) is 4. The van der Waals surface area contributed by atoms with Crippen LogP contribution in [0.25, 0.3) is 11.3 Å². The Kier molecular flexibility index (Phi) is 4.69. The first-order valence-corrected chi connectivity index (χ1v) is 9.17. The zero-order valence-corrected chi connectivity index (χ0v) is 16.2. The average molecular weight is 396 g/mol. The number of nitrogens with zero attached hydrogens (tertiary/aromatic N) is 1. The van der Waals surface area contributed by atoms with Crippen molar-refractivity contribution in [3.63, 3.8) is 0 Å². The lowest BCUT2D eigenvalue weighted by Gasteiger charge is -2.22. The number of halogens is 1. The summed E-state index contributed by atoms with van der Waals surface area (Å²) >= 11 is 6.04. The summed E-state index contributed by atoms with van der Waals surface area (Å²) in [7, 11) is 2.62. The number of carbonyl (C=O) groups is 2. The molecular formula is C22H18ClNO4. The molecule has 3 aromatic rings. The third kappa shape index (κ3) is 2.88. The Morgan fingerprint density at radius 3 is 2.14 bits per heavy atom. The summed E-state index contributed by atoms with van der Waals surface area (Å²) in [6, 6.07) is 15.2. The molecule has 2 heterocycles. The molecule has 0 saturated heterocycles. The van der Waals surface area contributed by atoms with Gasteiger partial charge in [-0.25, -0.2) is 9.59 Å². The molecule has 142 valence electrons. The van der Waals surface area contributed by atoms with Crippen LogP contribution in [0.1, 0.15) is 37.5 Å². The van der Waals surface area contributed by atoms with Crippen LogP contribution in [0.2, 0.25) is 5.02 Å². The number of rotatable bonds is 3. The van der Waals surface area contributed by atoms with Gasteiger partial charge in [-0.1, -0.05) is 48.0 Å². The van der Waals surface area contributed by atoms with Gasteiger partial charge in [-0.05, 0) is 28.8 Å². The topological polar surface area (TPSA) is 57.5 Å².